The van der Waals surface area contributed by atoms with Gasteiger partial charge in [-0.2, -0.15) is 0 Å². The first-order valence-corrected chi connectivity index (χ1v) is 13.0. The van der Waals surface area contributed by atoms with Crippen LogP contribution in [0.4, 0.5) is 5.69 Å². The summed E-state index contributed by atoms with van der Waals surface area (Å²) in [6.45, 7) is 13.3. The second-order valence-corrected chi connectivity index (χ2v) is 9.58. The molecule has 0 atom stereocenters. The number of nitrogens with one attached hydrogen (secondary N) is 1. The SMILES string of the molecule is CCCN(CCC)c1c(C)nc(-c2c(C)cc(C(=O)NCc3ccccc3)cc2C)c2ccccc12. The number of aromatic nitrogens is 1. The fraction of sp³-hybridized carbons (Fsp3) is 0.312. The first-order valence-electron chi connectivity index (χ1n) is 13.0. The van der Waals surface area contributed by atoms with Crippen LogP contribution in [0.5, 0.6) is 0 Å². The average molecular weight is 480 g/mol. The zero-order valence-electron chi connectivity index (χ0n) is 22.2. The van der Waals surface area contributed by atoms with E-state index in [9.17, 15) is 4.79 Å². The fourth-order valence-corrected chi connectivity index (χ4v) is 5.19. The van der Waals surface area contributed by atoms with Crippen molar-refractivity contribution in [3.05, 3.63) is 94.7 Å². The Hall–Kier alpha value is -3.66. The second-order valence-electron chi connectivity index (χ2n) is 9.58. The highest BCUT2D eigenvalue weighted by molar-refractivity contribution is 6.04. The van der Waals surface area contributed by atoms with E-state index in [0.29, 0.717) is 12.1 Å². The highest BCUT2D eigenvalue weighted by Crippen LogP contribution is 2.38. The van der Waals surface area contributed by atoms with E-state index in [-0.39, 0.29) is 5.91 Å². The molecule has 0 radical (unpaired) electrons. The largest absolute Gasteiger partial charge is 0.370 e. The van der Waals surface area contributed by atoms with Gasteiger partial charge in [-0.3, -0.25) is 9.78 Å². The number of hydrogen-bond acceptors (Lipinski definition) is 3. The van der Waals surface area contributed by atoms with E-state index >= 15 is 0 Å². The molecular weight excluding hydrogens is 442 g/mol. The second kappa shape index (κ2) is 11.4. The predicted octanol–water partition coefficient (Wildman–Crippen LogP) is 7.38. The molecule has 1 N–H and O–H groups in total. The zero-order chi connectivity index (χ0) is 25.7. The number of amides is 1. The highest BCUT2D eigenvalue weighted by atomic mass is 16.1. The molecular formula is C32H37N3O. The third kappa shape index (κ3) is 5.28. The van der Waals surface area contributed by atoms with Gasteiger partial charge in [-0.15, -0.1) is 0 Å². The van der Waals surface area contributed by atoms with Crippen LogP contribution in [0.1, 0.15) is 59.4 Å². The number of benzene rings is 3. The molecule has 1 amide bonds. The summed E-state index contributed by atoms with van der Waals surface area (Å²) in [6, 6.07) is 22.6. The maximum absolute atomic E-state index is 12.9. The topological polar surface area (TPSA) is 45.2 Å². The smallest absolute Gasteiger partial charge is 0.251 e. The van der Waals surface area contributed by atoms with Crippen LogP contribution in [0, 0.1) is 20.8 Å². The minimum absolute atomic E-state index is 0.0595. The van der Waals surface area contributed by atoms with Crippen LogP contribution in [0.15, 0.2) is 66.7 Å². The quantitative estimate of drug-likeness (QED) is 0.272. The lowest BCUT2D eigenvalue weighted by molar-refractivity contribution is 0.0950. The van der Waals surface area contributed by atoms with Crippen molar-refractivity contribution < 1.29 is 4.79 Å². The van der Waals surface area contributed by atoms with Crippen molar-refractivity contribution in [3.63, 3.8) is 0 Å². The van der Waals surface area contributed by atoms with Crippen LogP contribution >= 0.6 is 0 Å². The standard InChI is InChI=1S/C32H37N3O/c1-6-17-35(18-7-2)31-24(5)34-30(27-15-11-12-16-28(27)31)29-22(3)19-26(20-23(29)4)32(36)33-21-25-13-9-8-10-14-25/h8-16,19-20H,6-7,17-18,21H2,1-5H3,(H,33,36). The average Bonchev–Trinajstić information content (AvgIpc) is 2.87. The Morgan fingerprint density at radius 1 is 0.833 bits per heavy atom. The molecule has 186 valence electrons. The summed E-state index contributed by atoms with van der Waals surface area (Å²) < 4.78 is 0. The Morgan fingerprint density at radius 2 is 1.42 bits per heavy atom. The molecule has 0 aliphatic heterocycles. The number of hydrogen-bond donors (Lipinski definition) is 1. The summed E-state index contributed by atoms with van der Waals surface area (Å²) in [5.74, 6) is -0.0595. The Morgan fingerprint density at radius 3 is 2.03 bits per heavy atom. The first-order chi connectivity index (χ1) is 17.4. The van der Waals surface area contributed by atoms with E-state index in [1.54, 1.807) is 0 Å². The number of carbonyl (C=O) groups is 1. The Kier molecular flexibility index (Phi) is 8.04. The number of fused-ring (bicyclic) bond motifs is 1. The Labute approximate surface area is 215 Å². The summed E-state index contributed by atoms with van der Waals surface area (Å²) >= 11 is 0. The van der Waals surface area contributed by atoms with Crippen molar-refractivity contribution in [1.29, 1.82) is 0 Å². The van der Waals surface area contributed by atoms with Crippen molar-refractivity contribution in [2.75, 3.05) is 18.0 Å². The minimum atomic E-state index is -0.0595. The van der Waals surface area contributed by atoms with Crippen molar-refractivity contribution in [1.82, 2.24) is 10.3 Å². The molecule has 0 saturated heterocycles. The van der Waals surface area contributed by atoms with Crippen molar-refractivity contribution >= 4 is 22.4 Å². The lowest BCUT2D eigenvalue weighted by atomic mass is 9.92. The van der Waals surface area contributed by atoms with Gasteiger partial charge in [0, 0.05) is 41.5 Å². The van der Waals surface area contributed by atoms with Crippen molar-refractivity contribution in [2.45, 2.75) is 54.0 Å². The van der Waals surface area contributed by atoms with E-state index in [2.05, 4.69) is 69.1 Å². The summed E-state index contributed by atoms with van der Waals surface area (Å²) in [6.07, 6.45) is 2.20. The predicted molar refractivity (Wildman–Crippen MR) is 152 cm³/mol. The van der Waals surface area contributed by atoms with Gasteiger partial charge in [0.05, 0.1) is 17.1 Å². The van der Waals surface area contributed by atoms with Crippen LogP contribution in [-0.4, -0.2) is 24.0 Å². The molecule has 1 heterocycles. The van der Waals surface area contributed by atoms with E-state index in [4.69, 9.17) is 4.98 Å². The lowest BCUT2D eigenvalue weighted by Gasteiger charge is -2.28. The van der Waals surface area contributed by atoms with E-state index in [1.807, 2.05) is 42.5 Å². The van der Waals surface area contributed by atoms with Crippen LogP contribution < -0.4 is 10.2 Å². The molecule has 0 unspecified atom stereocenters. The molecule has 4 rings (SSSR count). The van der Waals surface area contributed by atoms with Gasteiger partial charge in [-0.1, -0.05) is 68.4 Å². The molecule has 0 aliphatic carbocycles. The number of nitrogens with zero attached hydrogens (tertiary/aromatic N) is 2. The van der Waals surface area contributed by atoms with Gasteiger partial charge in [0.25, 0.3) is 5.91 Å². The molecule has 0 bridgehead atoms. The number of anilines is 1. The first kappa shape index (κ1) is 25.4. The van der Waals surface area contributed by atoms with E-state index < -0.39 is 0 Å². The van der Waals surface area contributed by atoms with Crippen molar-refractivity contribution in [3.8, 4) is 11.3 Å². The molecule has 0 fully saturated rings. The third-order valence-electron chi connectivity index (χ3n) is 6.69. The molecule has 1 aromatic heterocycles. The van der Waals surface area contributed by atoms with Gasteiger partial charge >= 0.3 is 0 Å². The van der Waals surface area contributed by atoms with E-state index in [0.717, 1.165) is 65.0 Å². The fourth-order valence-electron chi connectivity index (χ4n) is 5.19. The maximum atomic E-state index is 12.9. The third-order valence-corrected chi connectivity index (χ3v) is 6.69. The summed E-state index contributed by atoms with van der Waals surface area (Å²) in [5, 5.41) is 5.45. The Bertz CT molecular complexity index is 1330. The summed E-state index contributed by atoms with van der Waals surface area (Å²) in [5.41, 5.74) is 8.28. The maximum Gasteiger partial charge on any atom is 0.251 e. The zero-order valence-corrected chi connectivity index (χ0v) is 22.2. The summed E-state index contributed by atoms with van der Waals surface area (Å²) in [7, 11) is 0. The highest BCUT2D eigenvalue weighted by Gasteiger charge is 2.20. The van der Waals surface area contributed by atoms with Crippen LogP contribution in [-0.2, 0) is 6.54 Å². The molecule has 0 saturated carbocycles. The van der Waals surface area contributed by atoms with Gasteiger partial charge in [0.15, 0.2) is 0 Å². The lowest BCUT2D eigenvalue weighted by Crippen LogP contribution is -2.26. The summed E-state index contributed by atoms with van der Waals surface area (Å²) in [4.78, 5) is 20.6. The normalized spacial score (nSPS) is 11.0. The molecule has 4 heteroatoms. The Balaban J connectivity index is 1.74. The van der Waals surface area contributed by atoms with Gasteiger partial charge in [-0.25, -0.2) is 0 Å². The number of aryl methyl sites for hydroxylation is 3. The van der Waals surface area contributed by atoms with Gasteiger partial charge in [-0.05, 0) is 62.4 Å². The molecule has 3 aromatic carbocycles. The van der Waals surface area contributed by atoms with Crippen LogP contribution in [0.2, 0.25) is 0 Å². The number of pyridine rings is 1. The number of carbonyl (C=O) groups excluding carboxylic acids is 1. The molecule has 4 aromatic rings. The van der Waals surface area contributed by atoms with E-state index in [1.165, 1.54) is 11.1 Å². The molecule has 0 aliphatic rings. The number of rotatable bonds is 9. The van der Waals surface area contributed by atoms with Crippen molar-refractivity contribution in [2.24, 2.45) is 0 Å². The van der Waals surface area contributed by atoms with Crippen LogP contribution in [0.3, 0.4) is 0 Å². The van der Waals surface area contributed by atoms with Gasteiger partial charge in [0.1, 0.15) is 0 Å². The monoisotopic (exact) mass is 479 g/mol. The van der Waals surface area contributed by atoms with Crippen LogP contribution in [0.25, 0.3) is 22.0 Å². The molecule has 4 nitrogen and oxygen atoms in total. The minimum Gasteiger partial charge on any atom is -0.370 e. The van der Waals surface area contributed by atoms with Gasteiger partial charge < -0.3 is 10.2 Å². The molecule has 0 spiro atoms. The van der Waals surface area contributed by atoms with Gasteiger partial charge in [0.2, 0.25) is 0 Å². The molecule has 36 heavy (non-hydrogen) atoms.